The van der Waals surface area contributed by atoms with Gasteiger partial charge in [-0.25, -0.2) is 18.7 Å². The third kappa shape index (κ3) is 8.27. The first-order valence-electron chi connectivity index (χ1n) is 12.7. The Morgan fingerprint density at radius 1 is 1.24 bits per heavy atom. The number of morpholine rings is 1. The SMILES string of the molecule is C#C.CC(C)C.NC1=C(/C=C(\N)c2c(F)cccc2F)CCCC1c1ccnc(N2CCO[C@H](CO)C2)n1. The molecule has 206 valence electrons. The quantitative estimate of drug-likeness (QED) is 0.496. The van der Waals surface area contributed by atoms with Crippen molar-refractivity contribution in [1.82, 2.24) is 9.97 Å². The number of nitrogens with zero attached hydrogens (tertiary/aromatic N) is 3. The minimum atomic E-state index is -0.711. The van der Waals surface area contributed by atoms with Crippen molar-refractivity contribution in [3.05, 3.63) is 70.7 Å². The molecule has 1 unspecified atom stereocenters. The Hall–Kier alpha value is -3.48. The van der Waals surface area contributed by atoms with Crippen molar-refractivity contribution < 1.29 is 18.6 Å². The van der Waals surface area contributed by atoms with Crippen LogP contribution < -0.4 is 16.4 Å². The molecular weight excluding hydrogens is 488 g/mol. The predicted molar refractivity (Wildman–Crippen MR) is 148 cm³/mol. The zero-order valence-electron chi connectivity index (χ0n) is 22.4. The second-order valence-corrected chi connectivity index (χ2v) is 9.76. The summed E-state index contributed by atoms with van der Waals surface area (Å²) in [4.78, 5) is 11.1. The monoisotopic (exact) mass is 527 g/mol. The van der Waals surface area contributed by atoms with Gasteiger partial charge in [0.2, 0.25) is 5.95 Å². The van der Waals surface area contributed by atoms with Crippen LogP contribution in [-0.4, -0.2) is 47.5 Å². The topological polar surface area (TPSA) is 111 Å². The first-order chi connectivity index (χ1) is 18.2. The summed E-state index contributed by atoms with van der Waals surface area (Å²) in [7, 11) is 0. The summed E-state index contributed by atoms with van der Waals surface area (Å²) in [5, 5.41) is 9.39. The number of ether oxygens (including phenoxy) is 1. The van der Waals surface area contributed by atoms with Gasteiger partial charge >= 0.3 is 0 Å². The van der Waals surface area contributed by atoms with Gasteiger partial charge in [0.05, 0.1) is 30.6 Å². The Balaban J connectivity index is 0.000000773. The number of aliphatic hydroxyl groups is 1. The van der Waals surface area contributed by atoms with Crippen molar-refractivity contribution in [2.24, 2.45) is 17.4 Å². The maximum absolute atomic E-state index is 14.1. The van der Waals surface area contributed by atoms with Crippen molar-refractivity contribution in [2.45, 2.75) is 52.1 Å². The van der Waals surface area contributed by atoms with Gasteiger partial charge in [-0.15, -0.1) is 12.8 Å². The van der Waals surface area contributed by atoms with Crippen molar-refractivity contribution in [1.29, 1.82) is 0 Å². The molecule has 0 spiro atoms. The number of hydrogen-bond donors (Lipinski definition) is 3. The fraction of sp³-hybridized carbons (Fsp3) is 0.448. The summed E-state index contributed by atoms with van der Waals surface area (Å²) >= 11 is 0. The van der Waals surface area contributed by atoms with Crippen molar-refractivity contribution in [3.63, 3.8) is 0 Å². The molecule has 7 nitrogen and oxygen atoms in total. The van der Waals surface area contributed by atoms with Gasteiger partial charge in [-0.05, 0) is 55.0 Å². The Morgan fingerprint density at radius 3 is 2.53 bits per heavy atom. The summed E-state index contributed by atoms with van der Waals surface area (Å²) in [6, 6.07) is 5.49. The maximum atomic E-state index is 14.1. The van der Waals surface area contributed by atoms with E-state index in [1.807, 2.05) is 11.0 Å². The Labute approximate surface area is 224 Å². The van der Waals surface area contributed by atoms with Gasteiger partial charge in [-0.2, -0.15) is 0 Å². The number of benzene rings is 1. The van der Waals surface area contributed by atoms with E-state index in [2.05, 4.69) is 38.6 Å². The molecular formula is C29H39F2N5O2. The zero-order chi connectivity index (χ0) is 28.2. The molecule has 1 aromatic heterocycles. The van der Waals surface area contributed by atoms with E-state index in [-0.39, 0.29) is 29.9 Å². The van der Waals surface area contributed by atoms with Gasteiger partial charge in [-0.3, -0.25) is 0 Å². The van der Waals surface area contributed by atoms with Crippen LogP contribution in [0, 0.1) is 30.4 Å². The van der Waals surface area contributed by atoms with Crippen LogP contribution in [0.3, 0.4) is 0 Å². The lowest BCUT2D eigenvalue weighted by Gasteiger charge is -2.32. The van der Waals surface area contributed by atoms with Gasteiger partial charge in [0.1, 0.15) is 11.6 Å². The molecule has 2 aliphatic rings. The molecule has 4 rings (SSSR count). The fourth-order valence-electron chi connectivity index (χ4n) is 4.24. The van der Waals surface area contributed by atoms with Crippen LogP contribution in [0.25, 0.3) is 5.70 Å². The normalized spacial score (nSPS) is 19.8. The highest BCUT2D eigenvalue weighted by molar-refractivity contribution is 5.67. The number of allylic oxidation sites excluding steroid dienone is 3. The van der Waals surface area contributed by atoms with Crippen LogP contribution in [0.4, 0.5) is 14.7 Å². The third-order valence-corrected chi connectivity index (χ3v) is 5.91. The molecule has 38 heavy (non-hydrogen) atoms. The molecule has 0 saturated carbocycles. The van der Waals surface area contributed by atoms with E-state index in [0.717, 1.165) is 30.0 Å². The van der Waals surface area contributed by atoms with Crippen molar-refractivity contribution >= 4 is 11.6 Å². The second kappa shape index (κ2) is 15.1. The number of hydrogen-bond acceptors (Lipinski definition) is 7. The minimum Gasteiger partial charge on any atom is -0.401 e. The highest BCUT2D eigenvalue weighted by atomic mass is 19.1. The molecule has 9 heteroatoms. The van der Waals surface area contributed by atoms with E-state index in [1.54, 1.807) is 12.3 Å². The lowest BCUT2D eigenvalue weighted by Crippen LogP contribution is -2.44. The highest BCUT2D eigenvalue weighted by Crippen LogP contribution is 2.36. The summed E-state index contributed by atoms with van der Waals surface area (Å²) < 4.78 is 33.7. The van der Waals surface area contributed by atoms with Gasteiger partial charge in [0, 0.05) is 36.6 Å². The molecule has 5 N–H and O–H groups in total. The Bertz CT molecular complexity index is 1110. The molecule has 0 bridgehead atoms. The Kier molecular flexibility index (Phi) is 12.2. The standard InChI is InChI=1S/C23H27F2N5O2.C4H10.C2H2/c24-17-5-2-6-18(25)21(17)19(26)11-14-3-1-4-16(22(14)27)20-7-8-28-23(29-20)30-9-10-32-15(12-30)13-31;1-4(2)3;1-2/h2,5-8,11,15-16,31H,1,3-4,9-10,12-13,26-27H2;4H,1-3H3;1-2H/b19-11-;;/t15-,16?;;/m0../s1. The number of aliphatic hydroxyl groups excluding tert-OH is 1. The summed E-state index contributed by atoms with van der Waals surface area (Å²) in [5.74, 6) is -0.174. The fourth-order valence-corrected chi connectivity index (χ4v) is 4.24. The van der Waals surface area contributed by atoms with Crippen LogP contribution in [0.15, 0.2) is 47.8 Å². The number of rotatable bonds is 5. The molecule has 1 aliphatic carbocycles. The van der Waals surface area contributed by atoms with E-state index in [0.29, 0.717) is 37.8 Å². The Morgan fingerprint density at radius 2 is 1.89 bits per heavy atom. The number of anilines is 1. The lowest BCUT2D eigenvalue weighted by atomic mass is 9.84. The first kappa shape index (κ1) is 30.7. The van der Waals surface area contributed by atoms with Gasteiger partial charge in [0.15, 0.2) is 0 Å². The third-order valence-electron chi connectivity index (χ3n) is 5.91. The van der Waals surface area contributed by atoms with Gasteiger partial charge in [-0.1, -0.05) is 26.8 Å². The van der Waals surface area contributed by atoms with Gasteiger partial charge < -0.3 is 26.2 Å². The van der Waals surface area contributed by atoms with E-state index >= 15 is 0 Å². The van der Waals surface area contributed by atoms with Crippen LogP contribution in [0.1, 0.15) is 57.2 Å². The molecule has 2 aromatic rings. The molecule has 1 aliphatic heterocycles. The van der Waals surface area contributed by atoms with E-state index in [1.165, 1.54) is 18.2 Å². The average Bonchev–Trinajstić information content (AvgIpc) is 2.91. The second-order valence-electron chi connectivity index (χ2n) is 9.76. The predicted octanol–water partition coefficient (Wildman–Crippen LogP) is 4.34. The number of terminal acetylenes is 1. The van der Waals surface area contributed by atoms with Crippen LogP contribution in [-0.2, 0) is 4.74 Å². The molecule has 2 heterocycles. The smallest absolute Gasteiger partial charge is 0.225 e. The van der Waals surface area contributed by atoms with Gasteiger partial charge in [0.25, 0.3) is 0 Å². The average molecular weight is 528 g/mol. The summed E-state index contributed by atoms with van der Waals surface area (Å²) in [5.41, 5.74) is 14.4. The summed E-state index contributed by atoms with van der Waals surface area (Å²) in [6.07, 6.45) is 13.3. The first-order valence-corrected chi connectivity index (χ1v) is 12.7. The molecule has 2 atom stereocenters. The number of aromatic nitrogens is 2. The summed E-state index contributed by atoms with van der Waals surface area (Å²) in [6.45, 7) is 8.07. The van der Waals surface area contributed by atoms with Crippen molar-refractivity contribution in [3.8, 4) is 12.8 Å². The number of halogens is 2. The molecule has 1 aromatic carbocycles. The van der Waals surface area contributed by atoms with Crippen molar-refractivity contribution in [2.75, 3.05) is 31.2 Å². The van der Waals surface area contributed by atoms with Crippen LogP contribution in [0.5, 0.6) is 0 Å². The maximum Gasteiger partial charge on any atom is 0.225 e. The minimum absolute atomic E-state index is 0.00550. The zero-order valence-corrected chi connectivity index (χ0v) is 22.4. The van der Waals surface area contributed by atoms with E-state index < -0.39 is 11.6 Å². The molecule has 1 saturated heterocycles. The van der Waals surface area contributed by atoms with Crippen LogP contribution >= 0.6 is 0 Å². The largest absolute Gasteiger partial charge is 0.401 e. The molecule has 0 amide bonds. The van der Waals surface area contributed by atoms with Crippen LogP contribution in [0.2, 0.25) is 0 Å². The molecule has 0 radical (unpaired) electrons. The van der Waals surface area contributed by atoms with E-state index in [4.69, 9.17) is 21.2 Å². The number of nitrogens with two attached hydrogens (primary N) is 2. The van der Waals surface area contributed by atoms with E-state index in [9.17, 15) is 13.9 Å². The highest BCUT2D eigenvalue weighted by Gasteiger charge is 2.26. The molecule has 1 fully saturated rings. The lowest BCUT2D eigenvalue weighted by molar-refractivity contribution is 0.00312.